The van der Waals surface area contributed by atoms with Crippen LogP contribution in [0.3, 0.4) is 0 Å². The number of rotatable bonds is 4. The fourth-order valence-corrected chi connectivity index (χ4v) is 0.798. The first-order chi connectivity index (χ1) is 5.86. The minimum absolute atomic E-state index is 0.221. The molecule has 0 aromatic carbocycles. The van der Waals surface area contributed by atoms with Crippen LogP contribution in [0.4, 0.5) is 0 Å². The quantitative estimate of drug-likeness (QED) is 0.641. The van der Waals surface area contributed by atoms with E-state index in [0.29, 0.717) is 0 Å². The van der Waals surface area contributed by atoms with Gasteiger partial charge in [-0.3, -0.25) is 14.4 Å². The molecule has 0 aliphatic rings. The average molecular weight is 185 g/mol. The number of hydrogen-bond donors (Lipinski definition) is 1. The molecule has 0 saturated carbocycles. The van der Waals surface area contributed by atoms with E-state index in [0.717, 1.165) is 0 Å². The third-order valence-electron chi connectivity index (χ3n) is 1.62. The van der Waals surface area contributed by atoms with Crippen molar-refractivity contribution in [3.8, 4) is 0 Å². The van der Waals surface area contributed by atoms with Gasteiger partial charge in [0.25, 0.3) is 0 Å². The van der Waals surface area contributed by atoms with E-state index in [1.807, 2.05) is 0 Å². The van der Waals surface area contributed by atoms with Crippen molar-refractivity contribution in [2.75, 3.05) is 0 Å². The van der Waals surface area contributed by atoms with E-state index in [1.54, 1.807) is 13.8 Å². The van der Waals surface area contributed by atoms with Gasteiger partial charge in [0.1, 0.15) is 6.04 Å². The van der Waals surface area contributed by atoms with Crippen LogP contribution in [0.15, 0.2) is 0 Å². The van der Waals surface area contributed by atoms with Gasteiger partial charge < -0.3 is 5.32 Å². The Balaban J connectivity index is 4.36. The van der Waals surface area contributed by atoms with Gasteiger partial charge in [-0.15, -0.1) is 0 Å². The summed E-state index contributed by atoms with van der Waals surface area (Å²) in [6.45, 7) is 5.97. The molecule has 4 heteroatoms. The second kappa shape index (κ2) is 4.74. The maximum Gasteiger partial charge on any atom is 0.223 e. The lowest BCUT2D eigenvalue weighted by molar-refractivity contribution is -0.134. The van der Waals surface area contributed by atoms with E-state index in [-0.39, 0.29) is 23.4 Å². The summed E-state index contributed by atoms with van der Waals surface area (Å²) in [5.41, 5.74) is 0. The van der Waals surface area contributed by atoms with Crippen LogP contribution in [0.25, 0.3) is 0 Å². The van der Waals surface area contributed by atoms with Crippen LogP contribution in [0.2, 0.25) is 0 Å². The lowest BCUT2D eigenvalue weighted by Crippen LogP contribution is -2.46. The van der Waals surface area contributed by atoms with Gasteiger partial charge in [0.15, 0.2) is 11.6 Å². The highest BCUT2D eigenvalue weighted by molar-refractivity contribution is 6.06. The standard InChI is InChI=1S/C9H15NO3/c1-5(2)9(13)10-8(6(3)11)7(4)12/h5,8H,1-4H3,(H,10,13). The molecule has 13 heavy (non-hydrogen) atoms. The normalized spacial score (nSPS) is 10.3. The van der Waals surface area contributed by atoms with E-state index in [1.165, 1.54) is 13.8 Å². The summed E-state index contributed by atoms with van der Waals surface area (Å²) in [4.78, 5) is 33.0. The predicted molar refractivity (Wildman–Crippen MR) is 48.1 cm³/mol. The molecular weight excluding hydrogens is 170 g/mol. The first-order valence-electron chi connectivity index (χ1n) is 4.17. The van der Waals surface area contributed by atoms with Crippen LogP contribution in [-0.4, -0.2) is 23.5 Å². The maximum absolute atomic E-state index is 11.1. The van der Waals surface area contributed by atoms with Crippen LogP contribution < -0.4 is 5.32 Å². The van der Waals surface area contributed by atoms with Crippen LogP contribution in [0.5, 0.6) is 0 Å². The topological polar surface area (TPSA) is 63.2 Å². The Morgan fingerprint density at radius 2 is 1.38 bits per heavy atom. The molecule has 0 aliphatic carbocycles. The first kappa shape index (κ1) is 11.8. The predicted octanol–water partition coefficient (Wildman–Crippen LogP) is 0.305. The van der Waals surface area contributed by atoms with Crippen molar-refractivity contribution in [3.05, 3.63) is 0 Å². The summed E-state index contributed by atoms with van der Waals surface area (Å²) in [7, 11) is 0. The molecule has 0 atom stereocenters. The van der Waals surface area contributed by atoms with Crippen LogP contribution in [-0.2, 0) is 14.4 Å². The monoisotopic (exact) mass is 185 g/mol. The highest BCUT2D eigenvalue weighted by Gasteiger charge is 2.22. The fraction of sp³-hybridized carbons (Fsp3) is 0.667. The largest absolute Gasteiger partial charge is 0.340 e. The fourth-order valence-electron chi connectivity index (χ4n) is 0.798. The minimum Gasteiger partial charge on any atom is -0.340 e. The Morgan fingerprint density at radius 1 is 1.00 bits per heavy atom. The van der Waals surface area contributed by atoms with Gasteiger partial charge in [-0.2, -0.15) is 0 Å². The van der Waals surface area contributed by atoms with E-state index in [9.17, 15) is 14.4 Å². The van der Waals surface area contributed by atoms with Gasteiger partial charge in [0, 0.05) is 5.92 Å². The van der Waals surface area contributed by atoms with Crippen molar-refractivity contribution in [2.45, 2.75) is 33.7 Å². The summed E-state index contributed by atoms with van der Waals surface area (Å²) in [6.07, 6.45) is 0. The summed E-state index contributed by atoms with van der Waals surface area (Å²) in [5, 5.41) is 2.38. The second-order valence-corrected chi connectivity index (χ2v) is 3.32. The minimum atomic E-state index is -0.977. The molecular formula is C9H15NO3. The van der Waals surface area contributed by atoms with Crippen molar-refractivity contribution < 1.29 is 14.4 Å². The van der Waals surface area contributed by atoms with E-state index in [2.05, 4.69) is 5.32 Å². The van der Waals surface area contributed by atoms with Gasteiger partial charge in [-0.25, -0.2) is 0 Å². The van der Waals surface area contributed by atoms with Crippen LogP contribution >= 0.6 is 0 Å². The number of amides is 1. The highest BCUT2D eigenvalue weighted by Crippen LogP contribution is 1.95. The molecule has 0 fully saturated rings. The van der Waals surface area contributed by atoms with Crippen molar-refractivity contribution in [3.63, 3.8) is 0 Å². The van der Waals surface area contributed by atoms with E-state index in [4.69, 9.17) is 0 Å². The molecule has 74 valence electrons. The van der Waals surface area contributed by atoms with E-state index < -0.39 is 6.04 Å². The van der Waals surface area contributed by atoms with Gasteiger partial charge in [-0.1, -0.05) is 13.8 Å². The van der Waals surface area contributed by atoms with Crippen LogP contribution in [0.1, 0.15) is 27.7 Å². The van der Waals surface area contributed by atoms with Crippen molar-refractivity contribution >= 4 is 17.5 Å². The number of hydrogen-bond acceptors (Lipinski definition) is 3. The average Bonchev–Trinajstić information content (AvgIpc) is 1.97. The summed E-state index contributed by atoms with van der Waals surface area (Å²) in [6, 6.07) is -0.977. The molecule has 0 saturated heterocycles. The molecule has 0 rings (SSSR count). The Hall–Kier alpha value is -1.19. The van der Waals surface area contributed by atoms with Gasteiger partial charge >= 0.3 is 0 Å². The summed E-state index contributed by atoms with van der Waals surface area (Å²) < 4.78 is 0. The maximum atomic E-state index is 11.1. The lowest BCUT2D eigenvalue weighted by Gasteiger charge is -2.13. The molecule has 0 spiro atoms. The third kappa shape index (κ3) is 3.83. The third-order valence-corrected chi connectivity index (χ3v) is 1.62. The summed E-state index contributed by atoms with van der Waals surface area (Å²) in [5.74, 6) is -1.17. The number of ketones is 2. The Labute approximate surface area is 77.7 Å². The Morgan fingerprint density at radius 3 is 1.62 bits per heavy atom. The Kier molecular flexibility index (Phi) is 4.31. The molecule has 0 aromatic rings. The zero-order valence-corrected chi connectivity index (χ0v) is 8.38. The Bertz CT molecular complexity index is 219. The lowest BCUT2D eigenvalue weighted by atomic mass is 10.1. The molecule has 0 unspecified atom stereocenters. The highest BCUT2D eigenvalue weighted by atomic mass is 16.2. The molecule has 4 nitrogen and oxygen atoms in total. The van der Waals surface area contributed by atoms with Gasteiger partial charge in [0.2, 0.25) is 5.91 Å². The van der Waals surface area contributed by atoms with Crippen molar-refractivity contribution in [1.29, 1.82) is 0 Å². The van der Waals surface area contributed by atoms with Crippen molar-refractivity contribution in [1.82, 2.24) is 5.32 Å². The van der Waals surface area contributed by atoms with Gasteiger partial charge in [-0.05, 0) is 13.8 Å². The molecule has 0 aromatic heterocycles. The van der Waals surface area contributed by atoms with Crippen molar-refractivity contribution in [2.24, 2.45) is 5.92 Å². The number of carbonyl (C=O) groups is 3. The van der Waals surface area contributed by atoms with E-state index >= 15 is 0 Å². The van der Waals surface area contributed by atoms with Crippen LogP contribution in [0, 0.1) is 5.92 Å². The smallest absolute Gasteiger partial charge is 0.223 e. The molecule has 0 heterocycles. The molecule has 0 aliphatic heterocycles. The SMILES string of the molecule is CC(=O)C(NC(=O)C(C)C)C(C)=O. The second-order valence-electron chi connectivity index (χ2n) is 3.32. The number of carbonyl (C=O) groups excluding carboxylic acids is 3. The zero-order chi connectivity index (χ0) is 10.6. The first-order valence-corrected chi connectivity index (χ1v) is 4.17. The zero-order valence-electron chi connectivity index (χ0n) is 8.38. The molecule has 1 N–H and O–H groups in total. The van der Waals surface area contributed by atoms with Gasteiger partial charge in [0.05, 0.1) is 0 Å². The number of nitrogens with one attached hydrogen (secondary N) is 1. The summed E-state index contributed by atoms with van der Waals surface area (Å²) >= 11 is 0. The molecule has 1 amide bonds. The molecule has 0 radical (unpaired) electrons. The number of Topliss-reactive ketones (excluding diaryl/α,β-unsaturated/α-hetero) is 2. The molecule has 0 bridgehead atoms.